The summed E-state index contributed by atoms with van der Waals surface area (Å²) in [6.07, 6.45) is 0. The van der Waals surface area contributed by atoms with Gasteiger partial charge in [-0.2, -0.15) is 5.10 Å². The van der Waals surface area contributed by atoms with Gasteiger partial charge in [-0.1, -0.05) is 28.1 Å². The number of halogens is 1. The Hall–Kier alpha value is -1.95. The Bertz CT molecular complexity index is 662. The third-order valence-corrected chi connectivity index (χ3v) is 2.96. The molecule has 0 spiro atoms. The van der Waals surface area contributed by atoms with Gasteiger partial charge in [0.2, 0.25) is 0 Å². The Morgan fingerprint density at radius 3 is 2.50 bits per heavy atom. The van der Waals surface area contributed by atoms with Crippen LogP contribution in [0, 0.1) is 0 Å². The van der Waals surface area contributed by atoms with Gasteiger partial charge in [-0.15, -0.1) is 0 Å². The molecule has 0 atom stereocenters. The minimum atomic E-state index is -1.25. The summed E-state index contributed by atoms with van der Waals surface area (Å²) in [7, 11) is 1.43. The predicted octanol–water partition coefficient (Wildman–Crippen LogP) is 1.91. The van der Waals surface area contributed by atoms with Crippen LogP contribution in [0.25, 0.3) is 11.3 Å². The first-order valence-corrected chi connectivity index (χ1v) is 5.86. The average molecular weight is 309 g/mol. The predicted molar refractivity (Wildman–Crippen MR) is 69.6 cm³/mol. The number of hydrogen-bond donors (Lipinski definition) is 1. The summed E-state index contributed by atoms with van der Waals surface area (Å²) in [5, 5.41) is 13.0. The number of aromatic nitrogens is 2. The van der Waals surface area contributed by atoms with Gasteiger partial charge in [0.15, 0.2) is 0 Å². The number of aromatic carboxylic acids is 1. The summed E-state index contributed by atoms with van der Waals surface area (Å²) in [6.45, 7) is 0. The van der Waals surface area contributed by atoms with E-state index in [-0.39, 0.29) is 5.56 Å². The van der Waals surface area contributed by atoms with Gasteiger partial charge in [-0.3, -0.25) is 4.79 Å². The van der Waals surface area contributed by atoms with Crippen molar-refractivity contribution in [2.45, 2.75) is 0 Å². The molecule has 0 radical (unpaired) electrons. The second-order valence-electron chi connectivity index (χ2n) is 3.68. The number of nitrogens with zero attached hydrogens (tertiary/aromatic N) is 2. The quantitative estimate of drug-likeness (QED) is 0.920. The van der Waals surface area contributed by atoms with Gasteiger partial charge in [0.05, 0.1) is 5.69 Å². The van der Waals surface area contributed by atoms with Gasteiger partial charge < -0.3 is 5.11 Å². The Kier molecular flexibility index (Phi) is 3.29. The Labute approximate surface area is 111 Å². The standard InChI is InChI=1S/C12H9BrN2O3/c1-15-11(16)9(12(17)18)6-10(14-15)7-2-4-8(13)5-3-7/h2-6H,1H3,(H,17,18). The molecule has 2 rings (SSSR count). The Morgan fingerprint density at radius 2 is 1.94 bits per heavy atom. The molecule has 92 valence electrons. The molecule has 2 aromatic rings. The second kappa shape index (κ2) is 4.73. The lowest BCUT2D eigenvalue weighted by molar-refractivity contribution is 0.0694. The molecule has 1 aromatic carbocycles. The zero-order chi connectivity index (χ0) is 13.3. The Morgan fingerprint density at radius 1 is 1.33 bits per heavy atom. The van der Waals surface area contributed by atoms with Crippen molar-refractivity contribution in [3.63, 3.8) is 0 Å². The molecular formula is C12H9BrN2O3. The van der Waals surface area contributed by atoms with E-state index in [0.717, 1.165) is 14.7 Å². The van der Waals surface area contributed by atoms with E-state index in [2.05, 4.69) is 21.0 Å². The van der Waals surface area contributed by atoms with E-state index in [9.17, 15) is 9.59 Å². The van der Waals surface area contributed by atoms with Gasteiger partial charge >= 0.3 is 5.97 Å². The maximum atomic E-state index is 11.6. The van der Waals surface area contributed by atoms with Crippen LogP contribution >= 0.6 is 15.9 Å². The summed E-state index contributed by atoms with van der Waals surface area (Å²) >= 11 is 3.31. The van der Waals surface area contributed by atoms with Crippen LogP contribution in [0.15, 0.2) is 39.6 Å². The van der Waals surface area contributed by atoms with Gasteiger partial charge in [-0.05, 0) is 18.2 Å². The smallest absolute Gasteiger partial charge is 0.341 e. The SMILES string of the molecule is Cn1nc(-c2ccc(Br)cc2)cc(C(=O)O)c1=O. The minimum absolute atomic E-state index is 0.287. The van der Waals surface area contributed by atoms with Crippen LogP contribution in [0.1, 0.15) is 10.4 Å². The molecule has 6 heteroatoms. The van der Waals surface area contributed by atoms with Crippen molar-refractivity contribution in [3.05, 3.63) is 50.7 Å². The Balaban J connectivity index is 2.62. The van der Waals surface area contributed by atoms with Crippen LogP contribution in [0.3, 0.4) is 0 Å². The molecule has 0 bridgehead atoms. The van der Waals surface area contributed by atoms with E-state index < -0.39 is 11.5 Å². The van der Waals surface area contributed by atoms with Gasteiger partial charge in [0.25, 0.3) is 5.56 Å². The lowest BCUT2D eigenvalue weighted by atomic mass is 10.1. The van der Waals surface area contributed by atoms with E-state index >= 15 is 0 Å². The molecular weight excluding hydrogens is 300 g/mol. The van der Waals surface area contributed by atoms with Crippen LogP contribution < -0.4 is 5.56 Å². The fourth-order valence-corrected chi connectivity index (χ4v) is 1.79. The van der Waals surface area contributed by atoms with Gasteiger partial charge in [0, 0.05) is 17.1 Å². The van der Waals surface area contributed by atoms with Crippen molar-refractivity contribution < 1.29 is 9.90 Å². The fraction of sp³-hybridized carbons (Fsp3) is 0.0833. The summed E-state index contributed by atoms with van der Waals surface area (Å²) < 4.78 is 1.94. The van der Waals surface area contributed by atoms with Crippen molar-refractivity contribution >= 4 is 21.9 Å². The number of rotatable bonds is 2. The monoisotopic (exact) mass is 308 g/mol. The highest BCUT2D eigenvalue weighted by Crippen LogP contribution is 2.19. The van der Waals surface area contributed by atoms with Crippen molar-refractivity contribution in [3.8, 4) is 11.3 Å². The van der Waals surface area contributed by atoms with Crippen LogP contribution in [0.4, 0.5) is 0 Å². The van der Waals surface area contributed by atoms with Crippen molar-refractivity contribution in [2.75, 3.05) is 0 Å². The van der Waals surface area contributed by atoms with Crippen molar-refractivity contribution in [1.29, 1.82) is 0 Å². The number of carboxylic acids is 1. The first-order valence-electron chi connectivity index (χ1n) is 5.06. The van der Waals surface area contributed by atoms with Crippen LogP contribution in [-0.2, 0) is 7.05 Å². The number of carboxylic acid groups (broad SMARTS) is 1. The molecule has 1 aromatic heterocycles. The molecule has 18 heavy (non-hydrogen) atoms. The highest BCUT2D eigenvalue weighted by atomic mass is 79.9. The largest absolute Gasteiger partial charge is 0.477 e. The lowest BCUT2D eigenvalue weighted by Crippen LogP contribution is -2.26. The fourth-order valence-electron chi connectivity index (χ4n) is 1.52. The molecule has 0 aliphatic carbocycles. The summed E-state index contributed by atoms with van der Waals surface area (Å²) in [5.74, 6) is -1.25. The van der Waals surface area contributed by atoms with E-state index in [1.165, 1.54) is 13.1 Å². The number of carbonyl (C=O) groups is 1. The first-order chi connectivity index (χ1) is 8.49. The minimum Gasteiger partial charge on any atom is -0.477 e. The number of hydrogen-bond acceptors (Lipinski definition) is 3. The molecule has 0 saturated carbocycles. The molecule has 0 fully saturated rings. The zero-order valence-corrected chi connectivity index (χ0v) is 11.0. The molecule has 0 saturated heterocycles. The third kappa shape index (κ3) is 2.33. The maximum absolute atomic E-state index is 11.6. The summed E-state index contributed by atoms with van der Waals surface area (Å²) in [6, 6.07) is 8.52. The van der Waals surface area contributed by atoms with Gasteiger partial charge in [0.1, 0.15) is 5.56 Å². The van der Waals surface area contributed by atoms with Crippen LogP contribution in [0.2, 0.25) is 0 Å². The number of aryl methyl sites for hydroxylation is 1. The zero-order valence-electron chi connectivity index (χ0n) is 9.42. The van der Waals surface area contributed by atoms with E-state index in [0.29, 0.717) is 5.69 Å². The molecule has 0 amide bonds. The highest BCUT2D eigenvalue weighted by Gasteiger charge is 2.13. The molecule has 0 unspecified atom stereocenters. The normalized spacial score (nSPS) is 10.3. The second-order valence-corrected chi connectivity index (χ2v) is 4.60. The van der Waals surface area contributed by atoms with Crippen molar-refractivity contribution in [2.24, 2.45) is 7.05 Å². The molecule has 5 nitrogen and oxygen atoms in total. The van der Waals surface area contributed by atoms with E-state index in [1.807, 2.05) is 12.1 Å². The molecule has 1 N–H and O–H groups in total. The van der Waals surface area contributed by atoms with Gasteiger partial charge in [-0.25, -0.2) is 9.48 Å². The topological polar surface area (TPSA) is 72.2 Å². The summed E-state index contributed by atoms with van der Waals surface area (Å²) in [4.78, 5) is 22.5. The number of benzene rings is 1. The third-order valence-electron chi connectivity index (χ3n) is 2.43. The highest BCUT2D eigenvalue weighted by molar-refractivity contribution is 9.10. The lowest BCUT2D eigenvalue weighted by Gasteiger charge is -2.05. The van der Waals surface area contributed by atoms with E-state index in [4.69, 9.17) is 5.11 Å². The van der Waals surface area contributed by atoms with Crippen LogP contribution in [-0.4, -0.2) is 20.9 Å². The first kappa shape index (κ1) is 12.5. The van der Waals surface area contributed by atoms with E-state index in [1.54, 1.807) is 12.1 Å². The summed E-state index contributed by atoms with van der Waals surface area (Å²) in [5.41, 5.74) is 0.284. The van der Waals surface area contributed by atoms with Crippen LogP contribution in [0.5, 0.6) is 0 Å². The molecule has 0 aliphatic heterocycles. The average Bonchev–Trinajstić information content (AvgIpc) is 2.33. The maximum Gasteiger partial charge on any atom is 0.341 e. The molecule has 1 heterocycles. The van der Waals surface area contributed by atoms with Crippen molar-refractivity contribution in [1.82, 2.24) is 9.78 Å². The molecule has 0 aliphatic rings.